The van der Waals surface area contributed by atoms with E-state index in [0.717, 1.165) is 23.7 Å². The molecule has 1 fully saturated rings. The monoisotopic (exact) mass is 315 g/mol. The molecule has 2 nitrogen and oxygen atoms in total. The molecule has 0 amide bonds. The van der Waals surface area contributed by atoms with Gasteiger partial charge in [0, 0.05) is 17.6 Å². The average Bonchev–Trinajstić information content (AvgIpc) is 2.27. The summed E-state index contributed by atoms with van der Waals surface area (Å²) in [5, 5.41) is 0. The van der Waals surface area contributed by atoms with Crippen LogP contribution in [-0.4, -0.2) is 18.8 Å². The third-order valence-electron chi connectivity index (χ3n) is 3.83. The highest BCUT2D eigenvalue weighted by Gasteiger charge is 2.38. The maximum Gasteiger partial charge on any atom is 0.127 e. The molecule has 1 aromatic rings. The number of hydrogen-bond donors (Lipinski definition) is 1. The first-order chi connectivity index (χ1) is 8.54. The van der Waals surface area contributed by atoms with Gasteiger partial charge in [-0.1, -0.05) is 22.0 Å². The molecule has 0 heterocycles. The van der Waals surface area contributed by atoms with Gasteiger partial charge in [0.15, 0.2) is 0 Å². The van der Waals surface area contributed by atoms with E-state index in [1.807, 2.05) is 6.07 Å². The molecule has 4 heteroatoms. The minimum atomic E-state index is -0.195. The molecule has 0 spiro atoms. The molecule has 0 radical (unpaired) electrons. The number of ether oxygens (including phenoxy) is 1. The van der Waals surface area contributed by atoms with Crippen molar-refractivity contribution in [2.75, 3.05) is 7.11 Å². The Morgan fingerprint density at radius 1 is 1.50 bits per heavy atom. The lowest BCUT2D eigenvalue weighted by Crippen LogP contribution is -2.45. The lowest BCUT2D eigenvalue weighted by atomic mass is 9.75. The van der Waals surface area contributed by atoms with Gasteiger partial charge in [0.2, 0.25) is 0 Å². The second-order valence-corrected chi connectivity index (χ2v) is 6.06. The van der Waals surface area contributed by atoms with Crippen molar-refractivity contribution in [2.45, 2.75) is 43.7 Å². The van der Waals surface area contributed by atoms with Gasteiger partial charge >= 0.3 is 0 Å². The molecular weight excluding hydrogens is 297 g/mol. The Balaban J connectivity index is 1.96. The quantitative estimate of drug-likeness (QED) is 0.903. The van der Waals surface area contributed by atoms with Crippen LogP contribution in [0.2, 0.25) is 0 Å². The molecule has 1 aliphatic carbocycles. The Morgan fingerprint density at radius 2 is 2.22 bits per heavy atom. The Morgan fingerprint density at radius 3 is 2.72 bits per heavy atom. The van der Waals surface area contributed by atoms with E-state index < -0.39 is 0 Å². The zero-order valence-electron chi connectivity index (χ0n) is 10.6. The van der Waals surface area contributed by atoms with E-state index in [4.69, 9.17) is 10.5 Å². The van der Waals surface area contributed by atoms with Gasteiger partial charge in [-0.05, 0) is 49.8 Å². The second kappa shape index (κ2) is 5.68. The zero-order chi connectivity index (χ0) is 13.2. The molecular formula is C14H19BrFNO. The van der Waals surface area contributed by atoms with Crippen molar-refractivity contribution in [1.29, 1.82) is 0 Å². The molecule has 0 aliphatic heterocycles. The second-order valence-electron chi connectivity index (χ2n) is 5.14. The molecule has 0 bridgehead atoms. The predicted octanol–water partition coefficient (Wildman–Crippen LogP) is 3.42. The lowest BCUT2D eigenvalue weighted by Gasteiger charge is -2.42. The van der Waals surface area contributed by atoms with Crippen LogP contribution >= 0.6 is 15.9 Å². The number of benzene rings is 1. The molecule has 100 valence electrons. The average molecular weight is 316 g/mol. The maximum atomic E-state index is 13.7. The third kappa shape index (κ3) is 3.11. The van der Waals surface area contributed by atoms with Gasteiger partial charge in [-0.25, -0.2) is 4.39 Å². The Hall–Kier alpha value is -0.450. The summed E-state index contributed by atoms with van der Waals surface area (Å²) in [5.74, 6) is -0.195. The third-order valence-corrected chi connectivity index (χ3v) is 4.32. The van der Waals surface area contributed by atoms with Gasteiger partial charge in [0.1, 0.15) is 5.82 Å². The van der Waals surface area contributed by atoms with Crippen LogP contribution in [0.5, 0.6) is 0 Å². The van der Waals surface area contributed by atoms with E-state index in [9.17, 15) is 4.39 Å². The van der Waals surface area contributed by atoms with Crippen molar-refractivity contribution in [2.24, 2.45) is 5.73 Å². The number of nitrogens with two attached hydrogens (primary N) is 1. The largest absolute Gasteiger partial charge is 0.378 e. The number of methoxy groups -OCH3 is 1. The Bertz CT molecular complexity index is 415. The summed E-state index contributed by atoms with van der Waals surface area (Å²) in [6.07, 6.45) is 4.70. The number of hydrogen-bond acceptors (Lipinski definition) is 2. The van der Waals surface area contributed by atoms with Gasteiger partial charge < -0.3 is 10.5 Å². The molecule has 1 saturated carbocycles. The Kier molecular flexibility index (Phi) is 4.41. The Labute approximate surface area is 116 Å². The van der Waals surface area contributed by atoms with Crippen LogP contribution < -0.4 is 5.73 Å². The fraction of sp³-hybridized carbons (Fsp3) is 0.571. The minimum absolute atomic E-state index is 0.0503. The first-order valence-electron chi connectivity index (χ1n) is 6.29. The summed E-state index contributed by atoms with van der Waals surface area (Å²) < 4.78 is 20.0. The van der Waals surface area contributed by atoms with E-state index in [2.05, 4.69) is 15.9 Å². The van der Waals surface area contributed by atoms with Crippen molar-refractivity contribution in [3.05, 3.63) is 34.1 Å². The molecule has 2 N–H and O–H groups in total. The van der Waals surface area contributed by atoms with Crippen molar-refractivity contribution >= 4 is 15.9 Å². The van der Waals surface area contributed by atoms with Gasteiger partial charge in [-0.15, -0.1) is 0 Å². The van der Waals surface area contributed by atoms with Crippen LogP contribution in [0.15, 0.2) is 22.7 Å². The van der Waals surface area contributed by atoms with Crippen LogP contribution in [0, 0.1) is 5.82 Å². The van der Waals surface area contributed by atoms with E-state index in [1.54, 1.807) is 13.2 Å². The summed E-state index contributed by atoms with van der Waals surface area (Å²) in [5.41, 5.74) is 6.75. The van der Waals surface area contributed by atoms with Crippen molar-refractivity contribution in [3.63, 3.8) is 0 Å². The molecule has 2 rings (SSSR count). The minimum Gasteiger partial charge on any atom is -0.378 e. The summed E-state index contributed by atoms with van der Waals surface area (Å²) in [6.45, 7) is 0. The predicted molar refractivity (Wildman–Crippen MR) is 74.0 cm³/mol. The molecule has 1 aromatic carbocycles. The molecule has 0 aromatic heterocycles. The normalized spacial score (nSPS) is 19.3. The van der Waals surface area contributed by atoms with E-state index in [0.29, 0.717) is 12.0 Å². The SMILES string of the molecule is COC1(CC(N)Cc2ccc(Br)cc2F)CCC1. The summed E-state index contributed by atoms with van der Waals surface area (Å²) >= 11 is 3.25. The highest BCUT2D eigenvalue weighted by molar-refractivity contribution is 9.10. The summed E-state index contributed by atoms with van der Waals surface area (Å²) in [7, 11) is 1.74. The maximum absolute atomic E-state index is 13.7. The standard InChI is InChI=1S/C14H19BrFNO/c1-18-14(5-2-6-14)9-12(17)7-10-3-4-11(15)8-13(10)16/h3-4,8,12H,2,5-7,9,17H2,1H3. The highest BCUT2D eigenvalue weighted by Crippen LogP contribution is 2.39. The van der Waals surface area contributed by atoms with Crippen molar-refractivity contribution < 1.29 is 9.13 Å². The zero-order valence-corrected chi connectivity index (χ0v) is 12.2. The van der Waals surface area contributed by atoms with Crippen LogP contribution in [0.25, 0.3) is 0 Å². The van der Waals surface area contributed by atoms with Crippen molar-refractivity contribution in [1.82, 2.24) is 0 Å². The molecule has 1 atom stereocenters. The highest BCUT2D eigenvalue weighted by atomic mass is 79.9. The van der Waals surface area contributed by atoms with Crippen LogP contribution in [0.4, 0.5) is 4.39 Å². The van der Waals surface area contributed by atoms with Gasteiger partial charge in [0.25, 0.3) is 0 Å². The lowest BCUT2D eigenvalue weighted by molar-refractivity contribution is -0.0813. The molecule has 18 heavy (non-hydrogen) atoms. The first kappa shape index (κ1) is 14.0. The van der Waals surface area contributed by atoms with Gasteiger partial charge in [0.05, 0.1) is 5.60 Å². The van der Waals surface area contributed by atoms with Gasteiger partial charge in [-0.2, -0.15) is 0 Å². The van der Waals surface area contributed by atoms with E-state index in [1.165, 1.54) is 12.5 Å². The van der Waals surface area contributed by atoms with Crippen LogP contribution in [0.3, 0.4) is 0 Å². The fourth-order valence-electron chi connectivity index (χ4n) is 2.58. The summed E-state index contributed by atoms with van der Waals surface area (Å²) in [6, 6.07) is 5.07. The molecule has 1 aliphatic rings. The van der Waals surface area contributed by atoms with E-state index in [-0.39, 0.29) is 17.5 Å². The van der Waals surface area contributed by atoms with Crippen LogP contribution in [-0.2, 0) is 11.2 Å². The fourth-order valence-corrected chi connectivity index (χ4v) is 2.92. The number of halogens is 2. The molecule has 1 unspecified atom stereocenters. The molecule has 0 saturated heterocycles. The van der Waals surface area contributed by atoms with Crippen LogP contribution in [0.1, 0.15) is 31.2 Å². The van der Waals surface area contributed by atoms with E-state index >= 15 is 0 Å². The topological polar surface area (TPSA) is 35.2 Å². The first-order valence-corrected chi connectivity index (χ1v) is 7.09. The van der Waals surface area contributed by atoms with Gasteiger partial charge in [-0.3, -0.25) is 0 Å². The smallest absolute Gasteiger partial charge is 0.127 e. The van der Waals surface area contributed by atoms with Crippen molar-refractivity contribution in [3.8, 4) is 0 Å². The number of rotatable bonds is 5. The summed E-state index contributed by atoms with van der Waals surface area (Å²) in [4.78, 5) is 0.